The first kappa shape index (κ1) is 14.2. The summed E-state index contributed by atoms with van der Waals surface area (Å²) in [5, 5.41) is 3.06. The van der Waals surface area contributed by atoms with E-state index >= 15 is 0 Å². The van der Waals surface area contributed by atoms with Crippen LogP contribution in [0.2, 0.25) is 0 Å². The number of thioether (sulfide) groups is 1. The number of hydrogen-bond donors (Lipinski definition) is 1. The maximum atomic E-state index is 13.4. The Morgan fingerprint density at radius 3 is 2.65 bits per heavy atom. The molecule has 0 atom stereocenters. The van der Waals surface area contributed by atoms with Gasteiger partial charge in [0.25, 0.3) is 0 Å². The van der Waals surface area contributed by atoms with Crippen molar-refractivity contribution in [1.29, 1.82) is 0 Å². The Bertz CT molecular complexity index is 359. The van der Waals surface area contributed by atoms with E-state index in [0.717, 1.165) is 31.1 Å². The second-order valence-electron chi connectivity index (χ2n) is 3.69. The number of halogens is 2. The molecule has 0 amide bonds. The summed E-state index contributed by atoms with van der Waals surface area (Å²) < 4.78 is 26.7. The molecule has 0 radical (unpaired) electrons. The fourth-order valence-corrected chi connectivity index (χ4v) is 2.26. The first-order chi connectivity index (χ1) is 8.19. The van der Waals surface area contributed by atoms with E-state index in [4.69, 9.17) is 0 Å². The standard InChI is InChI=1S/C12H18F2N2S/c1-3-5-6-7-17-12-10(14)8-9(13)11(16-12)15-4-2/h8H,3-7H2,1-2H3,(H,15,16). The molecular weight excluding hydrogens is 242 g/mol. The maximum Gasteiger partial charge on any atom is 0.168 e. The van der Waals surface area contributed by atoms with Gasteiger partial charge in [-0.1, -0.05) is 19.8 Å². The Morgan fingerprint density at radius 2 is 2.00 bits per heavy atom. The van der Waals surface area contributed by atoms with Crippen molar-refractivity contribution in [3.8, 4) is 0 Å². The van der Waals surface area contributed by atoms with Crippen molar-refractivity contribution in [2.75, 3.05) is 17.6 Å². The SMILES string of the molecule is CCCCCSc1nc(NCC)c(F)cc1F. The van der Waals surface area contributed by atoms with Crippen LogP contribution in [0.3, 0.4) is 0 Å². The third-order valence-electron chi connectivity index (χ3n) is 2.23. The molecule has 0 saturated carbocycles. The lowest BCUT2D eigenvalue weighted by Gasteiger charge is -2.07. The Balaban J connectivity index is 2.66. The molecule has 0 fully saturated rings. The van der Waals surface area contributed by atoms with Crippen molar-refractivity contribution < 1.29 is 8.78 Å². The average Bonchev–Trinajstić information content (AvgIpc) is 2.30. The zero-order valence-electron chi connectivity index (χ0n) is 10.2. The van der Waals surface area contributed by atoms with Crippen LogP contribution in [0.25, 0.3) is 0 Å². The normalized spacial score (nSPS) is 10.6. The molecule has 1 heterocycles. The minimum atomic E-state index is -0.637. The number of nitrogens with zero attached hydrogens (tertiary/aromatic N) is 1. The molecule has 1 aromatic rings. The van der Waals surface area contributed by atoms with Crippen LogP contribution in [-0.4, -0.2) is 17.3 Å². The number of pyridine rings is 1. The summed E-state index contributed by atoms with van der Waals surface area (Å²) >= 11 is 1.34. The summed E-state index contributed by atoms with van der Waals surface area (Å²) in [6.45, 7) is 4.53. The number of rotatable bonds is 7. The summed E-state index contributed by atoms with van der Waals surface area (Å²) in [5.41, 5.74) is 0. The van der Waals surface area contributed by atoms with E-state index in [9.17, 15) is 8.78 Å². The first-order valence-electron chi connectivity index (χ1n) is 5.91. The molecule has 17 heavy (non-hydrogen) atoms. The van der Waals surface area contributed by atoms with Crippen molar-refractivity contribution >= 4 is 17.6 Å². The van der Waals surface area contributed by atoms with Gasteiger partial charge >= 0.3 is 0 Å². The van der Waals surface area contributed by atoms with E-state index < -0.39 is 11.6 Å². The topological polar surface area (TPSA) is 24.9 Å². The predicted molar refractivity (Wildman–Crippen MR) is 68.6 cm³/mol. The van der Waals surface area contributed by atoms with Crippen LogP contribution in [0, 0.1) is 11.6 Å². The van der Waals surface area contributed by atoms with E-state index in [-0.39, 0.29) is 10.8 Å². The van der Waals surface area contributed by atoms with Crippen LogP contribution < -0.4 is 5.32 Å². The van der Waals surface area contributed by atoms with E-state index in [1.807, 2.05) is 6.92 Å². The van der Waals surface area contributed by atoms with E-state index in [2.05, 4.69) is 17.2 Å². The number of anilines is 1. The quantitative estimate of drug-likeness (QED) is 0.591. The average molecular weight is 260 g/mol. The van der Waals surface area contributed by atoms with Crippen LogP contribution in [0.4, 0.5) is 14.6 Å². The lowest BCUT2D eigenvalue weighted by atomic mass is 10.3. The lowest BCUT2D eigenvalue weighted by molar-refractivity contribution is 0.551. The predicted octanol–water partition coefficient (Wildman–Crippen LogP) is 4.07. The van der Waals surface area contributed by atoms with Crippen molar-refractivity contribution in [2.45, 2.75) is 38.1 Å². The highest BCUT2D eigenvalue weighted by Gasteiger charge is 2.11. The Labute approximate surface area is 105 Å². The third-order valence-corrected chi connectivity index (χ3v) is 3.28. The van der Waals surface area contributed by atoms with Crippen molar-refractivity contribution in [3.05, 3.63) is 17.7 Å². The summed E-state index contributed by atoms with van der Waals surface area (Å²) in [4.78, 5) is 3.96. The number of aromatic nitrogens is 1. The molecule has 0 bridgehead atoms. The van der Waals surface area contributed by atoms with Crippen LogP contribution in [-0.2, 0) is 0 Å². The lowest BCUT2D eigenvalue weighted by Crippen LogP contribution is -2.04. The fourth-order valence-electron chi connectivity index (χ4n) is 1.36. The largest absolute Gasteiger partial charge is 0.368 e. The number of nitrogens with one attached hydrogen (secondary N) is 1. The highest BCUT2D eigenvalue weighted by Crippen LogP contribution is 2.24. The van der Waals surface area contributed by atoms with Gasteiger partial charge in [-0.3, -0.25) is 0 Å². The second-order valence-corrected chi connectivity index (χ2v) is 4.78. The summed E-state index contributed by atoms with van der Waals surface area (Å²) in [6.07, 6.45) is 3.27. The first-order valence-corrected chi connectivity index (χ1v) is 6.90. The van der Waals surface area contributed by atoms with Gasteiger partial charge in [-0.15, -0.1) is 11.8 Å². The smallest absolute Gasteiger partial charge is 0.168 e. The Hall–Kier alpha value is -0.840. The second kappa shape index (κ2) is 7.48. The Morgan fingerprint density at radius 1 is 1.24 bits per heavy atom. The molecule has 0 aliphatic heterocycles. The van der Waals surface area contributed by atoms with Gasteiger partial charge in [0, 0.05) is 12.6 Å². The molecule has 1 N–H and O–H groups in total. The molecule has 0 unspecified atom stereocenters. The molecule has 0 aliphatic carbocycles. The van der Waals surface area contributed by atoms with Gasteiger partial charge in [-0.25, -0.2) is 13.8 Å². The molecule has 5 heteroatoms. The van der Waals surface area contributed by atoms with Gasteiger partial charge in [0.15, 0.2) is 17.5 Å². The summed E-state index contributed by atoms with van der Waals surface area (Å²) in [6, 6.07) is 0.896. The van der Waals surface area contributed by atoms with Crippen molar-refractivity contribution in [2.24, 2.45) is 0 Å². The molecule has 0 spiro atoms. The van der Waals surface area contributed by atoms with Crippen LogP contribution in [0.5, 0.6) is 0 Å². The zero-order valence-corrected chi connectivity index (χ0v) is 11.0. The van der Waals surface area contributed by atoms with Crippen molar-refractivity contribution in [3.63, 3.8) is 0 Å². The van der Waals surface area contributed by atoms with Gasteiger partial charge in [-0.2, -0.15) is 0 Å². The van der Waals surface area contributed by atoms with Gasteiger partial charge in [0.1, 0.15) is 5.03 Å². The summed E-state index contributed by atoms with van der Waals surface area (Å²) in [5.74, 6) is -0.269. The van der Waals surface area contributed by atoms with Gasteiger partial charge in [-0.05, 0) is 19.1 Å². The van der Waals surface area contributed by atoms with Crippen LogP contribution >= 0.6 is 11.8 Å². The molecule has 1 aromatic heterocycles. The highest BCUT2D eigenvalue weighted by atomic mass is 32.2. The van der Waals surface area contributed by atoms with Crippen LogP contribution in [0.15, 0.2) is 11.1 Å². The third kappa shape index (κ3) is 4.50. The van der Waals surface area contributed by atoms with E-state index in [1.54, 1.807) is 0 Å². The molecule has 0 aromatic carbocycles. The van der Waals surface area contributed by atoms with Gasteiger partial charge < -0.3 is 5.32 Å². The minimum Gasteiger partial charge on any atom is -0.368 e. The molecule has 1 rings (SSSR count). The molecular formula is C12H18F2N2S. The maximum absolute atomic E-state index is 13.4. The number of hydrogen-bond acceptors (Lipinski definition) is 3. The molecule has 0 aliphatic rings. The fraction of sp³-hybridized carbons (Fsp3) is 0.583. The minimum absolute atomic E-state index is 0.131. The number of unbranched alkanes of at least 4 members (excludes halogenated alkanes) is 2. The molecule has 96 valence electrons. The zero-order chi connectivity index (χ0) is 12.7. The van der Waals surface area contributed by atoms with E-state index in [0.29, 0.717) is 6.54 Å². The Kier molecular flexibility index (Phi) is 6.26. The van der Waals surface area contributed by atoms with E-state index in [1.165, 1.54) is 11.8 Å². The monoisotopic (exact) mass is 260 g/mol. The molecule has 2 nitrogen and oxygen atoms in total. The summed E-state index contributed by atoms with van der Waals surface area (Å²) in [7, 11) is 0. The molecule has 0 saturated heterocycles. The van der Waals surface area contributed by atoms with Gasteiger partial charge in [0.05, 0.1) is 0 Å². The van der Waals surface area contributed by atoms with Crippen LogP contribution in [0.1, 0.15) is 33.1 Å². The highest BCUT2D eigenvalue weighted by molar-refractivity contribution is 7.99. The van der Waals surface area contributed by atoms with Gasteiger partial charge in [0.2, 0.25) is 0 Å². The van der Waals surface area contributed by atoms with Crippen molar-refractivity contribution in [1.82, 2.24) is 4.98 Å².